The molecule has 4 saturated carbocycles. The molecule has 31 nitrogen and oxygen atoms in total. The number of halogens is 6. The van der Waals surface area contributed by atoms with Crippen LogP contribution in [-0.4, -0.2) is 174 Å². The summed E-state index contributed by atoms with van der Waals surface area (Å²) in [6.45, 7) is 12.3. The molecule has 0 amide bonds. The first-order valence-electron chi connectivity index (χ1n) is 43.5. The second-order valence-electron chi connectivity index (χ2n) is 32.2. The molecule has 4 aliphatic rings. The van der Waals surface area contributed by atoms with Gasteiger partial charge in [0.2, 0.25) is 32.4 Å². The Labute approximate surface area is 941 Å². The van der Waals surface area contributed by atoms with Gasteiger partial charge in [-0.25, -0.2) is 49.2 Å². The maximum absolute atomic E-state index is 13.3. The van der Waals surface area contributed by atoms with Crippen molar-refractivity contribution in [1.82, 2.24) is 39.9 Å². The molecule has 0 radical (unpaired) electrons. The van der Waals surface area contributed by atoms with Crippen LogP contribution in [0.1, 0.15) is 193 Å². The van der Waals surface area contributed by atoms with Gasteiger partial charge in [-0.1, -0.05) is 108 Å². The Bertz CT molecular complexity index is 5660. The number of thiophene rings is 4. The molecule has 0 bridgehead atoms. The van der Waals surface area contributed by atoms with Crippen LogP contribution >= 0.6 is 113 Å². The number of alkyl halides is 1. The predicted octanol–water partition coefficient (Wildman–Crippen LogP) is 12.2. The molecule has 12 atom stereocenters. The zero-order chi connectivity index (χ0) is 99.1. The van der Waals surface area contributed by atoms with E-state index in [0.717, 1.165) is 88.8 Å². The van der Waals surface area contributed by atoms with Crippen molar-refractivity contribution in [3.8, 4) is 0 Å². The van der Waals surface area contributed by atoms with Crippen LogP contribution in [0.5, 0.6) is 0 Å². The number of hydrogen-bond donors (Lipinski definition) is 10. The number of nitrogens with zero attached hydrogens (tertiary/aromatic N) is 10. The number of nitrogens with one attached hydrogen (secondary N) is 5. The van der Waals surface area contributed by atoms with Gasteiger partial charge in [0.05, 0.1) is 61.1 Å². The zero-order valence-electron chi connectivity index (χ0n) is 79.2. The van der Waals surface area contributed by atoms with Crippen LogP contribution in [0.25, 0.3) is 0 Å². The molecule has 15 rings (SSSR count). The molecule has 11 N–H and O–H groups in total. The fourth-order valence-electron chi connectivity index (χ4n) is 15.9. The van der Waals surface area contributed by atoms with Gasteiger partial charge in [0, 0.05) is 163 Å². The number of anilines is 7. The van der Waals surface area contributed by atoms with E-state index in [2.05, 4.69) is 129 Å². The van der Waals surface area contributed by atoms with Crippen LogP contribution in [0.4, 0.5) is 40.3 Å². The van der Waals surface area contributed by atoms with Gasteiger partial charge in [-0.2, -0.15) is 8.42 Å². The van der Waals surface area contributed by atoms with E-state index in [1.54, 1.807) is 37.0 Å². The number of aliphatic hydroxyl groups excluding tert-OH is 4. The second-order valence-corrected chi connectivity index (χ2v) is 41.1. The average molecular weight is 2180 g/mol. The average Bonchev–Trinajstić information content (AvgIpc) is 1.65. The third-order valence-corrected chi connectivity index (χ3v) is 28.2. The number of carbonyl (C=O) groups is 5. The minimum absolute atomic E-state index is 0. The van der Waals surface area contributed by atoms with Gasteiger partial charge in [0.15, 0.2) is 0 Å². The summed E-state index contributed by atoms with van der Waals surface area (Å²) >= 11 is 29.2. The largest absolute Gasteiger partial charge is 1.00 e. The molecule has 8 aromatic heterocycles. The Morgan fingerprint density at radius 3 is 1.17 bits per heavy atom. The van der Waals surface area contributed by atoms with Gasteiger partial charge in [-0.3, -0.25) is 28.2 Å². The first-order valence-corrected chi connectivity index (χ1v) is 52.2. The molecule has 738 valence electrons. The first kappa shape index (κ1) is 121. The fourth-order valence-corrected chi connectivity index (χ4v) is 20.5. The van der Waals surface area contributed by atoms with Gasteiger partial charge in [-0.15, -0.1) is 56.9 Å². The van der Waals surface area contributed by atoms with Crippen LogP contribution in [-0.2, 0) is 59.0 Å². The molecule has 4 aliphatic carbocycles. The number of ketones is 4. The van der Waals surface area contributed by atoms with E-state index in [1.807, 2.05) is 133 Å². The standard InChI is InChI=1S/C24H27ClN4O2S.C23H26ClN5O5S2.C18H23N3O2S.C17H20ClN3O2S.C7H8ClN.C2H6.CH2O3.CH4.Cl2OS.2K.H/c1-15-6-19(8-17(15)12-30)28-24-21(10-26-14-27-24)23(31)22-7-16(13-32-22)11-29(2)20-5-3-4-18(25)9-20;1-29(18-4-2-3-16(24)7-18)10-14-5-21(35-12-14)22(31)19-9-26-13-27-23(19)28-17-6-15(20(30)8-17)11-34-36(25,32)33;1-3-13-6-14(4-11(13)2)21-18-15(7-19-10-20-18)17(23)16-5-12(8-22)9-24-16;1-10-2-13(4-12(10)7-22)21-17-14(6-19-9-20-17)16(23)15-3-11(5-18)8-24-15;1-9-7-4-2-3-6(8)5-7;1-2;2-1-4-3;;1-4(2)3;;;/h3-5,7,9-10,13-15,17,19,30H,6,8,11-12H2,1-2H3,(H,26,27,28);2-5,7,9,12-13,15,17,20,30H,6,8,10-11H2,1H3,(H2,25,32,33)(H,26,27,28);5,7,9-11,13-14,22H,3-4,6,8H2,1-2H3,(H,19,20,21);3,6,8-10,12-13,22H,2,4-5,7H2,1H3,(H,19,20,21);2-5,9H,1H3;1-2H3;1,3H;1H4;;;;/q;;;;;;;;;2*+1;-1/p-1/t15-,17+,19-;15-,17-,20+;11-,13-,14-;10-,12+,13-;;;;;;;;/m0100......../s1/i;;;;;1D;;;;;;. The monoisotopic (exact) mass is 2180 g/mol. The van der Waals surface area contributed by atoms with Crippen molar-refractivity contribution in [3.63, 3.8) is 0 Å². The molecule has 8 heterocycles. The molecule has 0 spiro atoms. The number of benzene rings is 3. The van der Waals surface area contributed by atoms with E-state index >= 15 is 0 Å². The van der Waals surface area contributed by atoms with Crippen LogP contribution in [0.15, 0.2) is 169 Å². The summed E-state index contributed by atoms with van der Waals surface area (Å²) in [7, 11) is 9.09. The third kappa shape index (κ3) is 39.4. The van der Waals surface area contributed by atoms with Crippen molar-refractivity contribution >= 4 is 203 Å². The van der Waals surface area contributed by atoms with Crippen LogP contribution in [0, 0.1) is 41.4 Å². The van der Waals surface area contributed by atoms with Crippen molar-refractivity contribution in [3.05, 3.63) is 248 Å². The first-order chi connectivity index (χ1) is 65.1. The van der Waals surface area contributed by atoms with Crippen LogP contribution < -0.4 is 150 Å². The maximum atomic E-state index is 13.3. The summed E-state index contributed by atoms with van der Waals surface area (Å²) in [5, 5.41) is 77.9. The zero-order valence-corrected chi connectivity index (χ0v) is 92.9. The van der Waals surface area contributed by atoms with Crippen molar-refractivity contribution in [1.29, 1.82) is 0 Å². The summed E-state index contributed by atoms with van der Waals surface area (Å²) in [5.41, 5.74) is 8.52. The summed E-state index contributed by atoms with van der Waals surface area (Å²) in [6, 6.07) is 30.7. The SMILES string of the molecule is C.CC[C@H]1C[C@@H](Nc2ncncc2C(=O)c2cc(CO)cs2)C[C@@H]1C.CN(Cc1csc(C(=O)c2cncnc2N[C@@H]2C[C@H](COS(N)(=O)=O)[C@@H](O)C2)c1)c1cccc(Cl)c1.CNc1cccc(Cl)c1.C[C@H]1C[C@H](Nc2ncncc2C(=O)c2cc(CCl)cs2)C[C@@H]1CO.C[C@H]1C[C@H](Nc2ncncc2C(=O)c2cc(CN(C)c3cccc(Cl)c3)cs2)C[C@@H]1CO.O=CO[O-].O=S(Cl)Cl.[2H]CC.[H-].[K+].[K+]. The predicted molar refractivity (Wildman–Crippen MR) is 546 cm³/mol. The van der Waals surface area contributed by atoms with E-state index < -0.39 is 31.6 Å². The van der Waals surface area contributed by atoms with Gasteiger partial charge in [-0.05, 0) is 210 Å². The summed E-state index contributed by atoms with van der Waals surface area (Å²) in [6.07, 6.45) is 18.9. The molecule has 0 unspecified atom stereocenters. The van der Waals surface area contributed by atoms with Crippen LogP contribution in [0.2, 0.25) is 15.1 Å². The van der Waals surface area contributed by atoms with Crippen molar-refractivity contribution in [2.24, 2.45) is 46.6 Å². The quantitative estimate of drug-likeness (QED) is 0.00356. The molecule has 0 saturated heterocycles. The molecule has 11 aromatic rings. The number of hydrogen-bond acceptors (Lipinski definition) is 34. The molecule has 3 aromatic carbocycles. The molecular weight excluding hydrogens is 2060 g/mol. The number of aliphatic hydroxyl groups is 4. The molecular formula is C93H116Cl6K2N16O15S6. The topological polar surface area (TPSA) is 455 Å². The Hall–Kier alpha value is -5.64. The van der Waals surface area contributed by atoms with Gasteiger partial charge < -0.3 is 68.4 Å². The summed E-state index contributed by atoms with van der Waals surface area (Å²) < 4.78 is 42.1. The van der Waals surface area contributed by atoms with E-state index in [4.69, 9.17) is 67.2 Å². The molecule has 45 heteroatoms. The number of aromatic nitrogens is 8. The third-order valence-electron chi connectivity index (χ3n) is 22.8. The maximum Gasteiger partial charge on any atom is 1.00 e. The number of rotatable bonds is 32. The molecule has 138 heavy (non-hydrogen) atoms. The Balaban J connectivity index is 0.000000365. The van der Waals surface area contributed by atoms with Crippen molar-refractivity contribution in [2.45, 2.75) is 163 Å². The van der Waals surface area contributed by atoms with Crippen molar-refractivity contribution < 1.29 is 177 Å². The van der Waals surface area contributed by atoms with E-state index in [-0.39, 0.29) is 192 Å². The van der Waals surface area contributed by atoms with Crippen LogP contribution in [0.3, 0.4) is 0 Å². The smallest absolute Gasteiger partial charge is 1.00 e. The minimum atomic E-state index is -4.09. The summed E-state index contributed by atoms with van der Waals surface area (Å²) in [5.74, 6) is 4.47. The van der Waals surface area contributed by atoms with E-state index in [9.17, 15) is 48.0 Å². The minimum Gasteiger partial charge on any atom is -1.00 e. The Morgan fingerprint density at radius 2 is 0.884 bits per heavy atom. The molecule has 4 fully saturated rings. The van der Waals surface area contributed by atoms with E-state index in [1.165, 1.54) is 83.3 Å². The second kappa shape index (κ2) is 63.6. The van der Waals surface area contributed by atoms with Gasteiger partial charge >= 0.3 is 113 Å². The Morgan fingerprint density at radius 1 is 0.565 bits per heavy atom. The Kier molecular flexibility index (Phi) is 55.8. The number of carbonyl (C=O) groups excluding carboxylic acids is 5. The van der Waals surface area contributed by atoms with Gasteiger partial charge in [0.25, 0.3) is 6.47 Å². The fraction of sp³-hybridized carbons (Fsp3) is 0.409. The normalized spacial score (nSPS) is 19.2. The van der Waals surface area contributed by atoms with Gasteiger partial charge in [0.1, 0.15) is 48.6 Å². The number of nitrogens with two attached hydrogens (primary N) is 1. The van der Waals surface area contributed by atoms with E-state index in [0.29, 0.717) is 144 Å². The summed E-state index contributed by atoms with van der Waals surface area (Å²) in [4.78, 5) is 103. The molecule has 0 aliphatic heterocycles. The van der Waals surface area contributed by atoms with Crippen molar-refractivity contribution in [2.75, 3.05) is 77.3 Å².